The molecule has 0 saturated carbocycles. The maximum atomic E-state index is 13.1. The van der Waals surface area contributed by atoms with Gasteiger partial charge in [-0.3, -0.25) is 9.59 Å². The lowest BCUT2D eigenvalue weighted by molar-refractivity contribution is -0.343. The van der Waals surface area contributed by atoms with Crippen molar-refractivity contribution in [3.05, 3.63) is 48.6 Å². The van der Waals surface area contributed by atoms with Gasteiger partial charge in [0.25, 0.3) is 0 Å². The van der Waals surface area contributed by atoms with Gasteiger partial charge in [-0.2, -0.15) is 0 Å². The first-order chi connectivity index (χ1) is 19.6. The van der Waals surface area contributed by atoms with E-state index in [1.165, 1.54) is 0 Å². The highest BCUT2D eigenvalue weighted by atomic mass is 16.8. The van der Waals surface area contributed by atoms with Crippen LogP contribution >= 0.6 is 0 Å². The molecule has 1 N–H and O–H groups in total. The molecule has 1 aromatic rings. The van der Waals surface area contributed by atoms with Gasteiger partial charge in [-0.25, -0.2) is 0 Å². The van der Waals surface area contributed by atoms with E-state index < -0.39 is 36.9 Å². The van der Waals surface area contributed by atoms with Crippen molar-refractivity contribution in [1.82, 2.24) is 5.32 Å². The Morgan fingerprint density at radius 3 is 2.30 bits per heavy atom. The number of carbonyl (C=O) groups excluding carboxylic acids is 2. The van der Waals surface area contributed by atoms with Crippen LogP contribution in [0, 0.1) is 0 Å². The van der Waals surface area contributed by atoms with Crippen LogP contribution in [-0.4, -0.2) is 55.7 Å². The Balaban J connectivity index is 1.76. The van der Waals surface area contributed by atoms with Crippen LogP contribution < -0.4 is 5.32 Å². The van der Waals surface area contributed by atoms with Crippen LogP contribution in [0.5, 0.6) is 0 Å². The molecule has 1 aromatic carbocycles. The van der Waals surface area contributed by atoms with E-state index in [-0.39, 0.29) is 25.1 Å². The zero-order chi connectivity index (χ0) is 28.6. The van der Waals surface area contributed by atoms with Crippen LogP contribution in [0.4, 0.5) is 0 Å². The molecule has 2 fully saturated rings. The highest BCUT2D eigenvalue weighted by Gasteiger charge is 2.52. The van der Waals surface area contributed by atoms with Gasteiger partial charge in [0.05, 0.1) is 13.2 Å². The van der Waals surface area contributed by atoms with Crippen LogP contribution in [0.3, 0.4) is 0 Å². The fraction of sp³-hybridized carbons (Fsp3) is 0.688. The van der Waals surface area contributed by atoms with Gasteiger partial charge in [0, 0.05) is 18.4 Å². The summed E-state index contributed by atoms with van der Waals surface area (Å²) in [6.45, 7) is 8.53. The van der Waals surface area contributed by atoms with E-state index in [9.17, 15) is 9.59 Å². The molecule has 0 radical (unpaired) electrons. The quantitative estimate of drug-likeness (QED) is 0.131. The lowest BCUT2D eigenvalue weighted by Crippen LogP contribution is -2.67. The Morgan fingerprint density at radius 2 is 1.62 bits per heavy atom. The fourth-order valence-corrected chi connectivity index (χ4v) is 5.18. The average Bonchev–Trinajstić information content (AvgIpc) is 2.97. The van der Waals surface area contributed by atoms with Crippen LogP contribution in [0.1, 0.15) is 103 Å². The number of amides is 1. The zero-order valence-corrected chi connectivity index (χ0v) is 24.4. The van der Waals surface area contributed by atoms with Gasteiger partial charge in [-0.1, -0.05) is 102 Å². The smallest absolute Gasteiger partial charge is 0.306 e. The fourth-order valence-electron chi connectivity index (χ4n) is 5.18. The molecule has 0 aromatic heterocycles. The van der Waals surface area contributed by atoms with Gasteiger partial charge in [0.1, 0.15) is 18.2 Å². The molecule has 1 amide bonds. The summed E-state index contributed by atoms with van der Waals surface area (Å²) in [5.41, 5.74) is 0.861. The molecule has 8 nitrogen and oxygen atoms in total. The molecular formula is C32H49NO7. The summed E-state index contributed by atoms with van der Waals surface area (Å²) >= 11 is 0. The third-order valence-electron chi connectivity index (χ3n) is 7.38. The highest BCUT2D eigenvalue weighted by molar-refractivity contribution is 5.76. The number of benzene rings is 1. The Labute approximate surface area is 240 Å². The molecular weight excluding hydrogens is 510 g/mol. The standard InChI is InChI=1S/C32H49NO7/c1-4-7-9-11-16-20-26(34)33-28-30(39-27(35)21-17-12-10-8-5-2)29-25(38-32(28)36-22-6-3)23-37-31(40-29)24-18-14-13-15-19-24/h6,13-15,18-19,25,28-32H,3-5,7-12,16-17,20-23H2,1-2H3,(H,33,34)/t25-,28-,29-,30-,31-,32-/m1/s1. The molecule has 0 unspecified atom stereocenters. The van der Waals surface area contributed by atoms with Crippen molar-refractivity contribution < 1.29 is 33.3 Å². The summed E-state index contributed by atoms with van der Waals surface area (Å²) in [6, 6.07) is 8.90. The predicted molar refractivity (Wildman–Crippen MR) is 153 cm³/mol. The largest absolute Gasteiger partial charge is 0.457 e. The van der Waals surface area contributed by atoms with Crippen molar-refractivity contribution in [3.8, 4) is 0 Å². The molecule has 3 rings (SSSR count). The number of fused-ring (bicyclic) bond motifs is 1. The molecule has 2 heterocycles. The van der Waals surface area contributed by atoms with E-state index in [1.807, 2.05) is 30.3 Å². The molecule has 0 bridgehead atoms. The number of hydrogen-bond donors (Lipinski definition) is 1. The van der Waals surface area contributed by atoms with Gasteiger partial charge >= 0.3 is 5.97 Å². The van der Waals surface area contributed by atoms with Gasteiger partial charge in [0.2, 0.25) is 5.91 Å². The Hall–Kier alpha value is -2.26. The third kappa shape index (κ3) is 10.3. The Bertz CT molecular complexity index is 879. The molecule has 0 aliphatic carbocycles. The van der Waals surface area contributed by atoms with E-state index in [4.69, 9.17) is 23.7 Å². The first kappa shape index (κ1) is 32.3. The second-order valence-electron chi connectivity index (χ2n) is 10.7. The van der Waals surface area contributed by atoms with Crippen molar-refractivity contribution in [2.24, 2.45) is 0 Å². The molecule has 2 aliphatic heterocycles. The predicted octanol–water partition coefficient (Wildman–Crippen LogP) is 6.15. The van der Waals surface area contributed by atoms with Crippen molar-refractivity contribution in [3.63, 3.8) is 0 Å². The monoisotopic (exact) mass is 559 g/mol. The van der Waals surface area contributed by atoms with E-state index in [2.05, 4.69) is 25.7 Å². The van der Waals surface area contributed by atoms with E-state index in [0.29, 0.717) is 12.8 Å². The molecule has 6 atom stereocenters. The minimum atomic E-state index is -0.842. The Morgan fingerprint density at radius 1 is 0.950 bits per heavy atom. The second kappa shape index (κ2) is 18.2. The van der Waals surface area contributed by atoms with Gasteiger partial charge in [0.15, 0.2) is 18.7 Å². The molecule has 0 spiro atoms. The van der Waals surface area contributed by atoms with Gasteiger partial charge in [-0.15, -0.1) is 6.58 Å². The minimum absolute atomic E-state index is 0.122. The topological polar surface area (TPSA) is 92.3 Å². The summed E-state index contributed by atoms with van der Waals surface area (Å²) in [7, 11) is 0. The lowest BCUT2D eigenvalue weighted by Gasteiger charge is -2.48. The number of unbranched alkanes of at least 4 members (excludes halogenated alkanes) is 8. The van der Waals surface area contributed by atoms with Gasteiger partial charge in [-0.05, 0) is 12.8 Å². The zero-order valence-electron chi connectivity index (χ0n) is 24.4. The van der Waals surface area contributed by atoms with E-state index >= 15 is 0 Å². The van der Waals surface area contributed by atoms with Crippen LogP contribution in [-0.2, 0) is 33.3 Å². The number of nitrogens with one attached hydrogen (secondary N) is 1. The van der Waals surface area contributed by atoms with E-state index in [1.54, 1.807) is 6.08 Å². The summed E-state index contributed by atoms with van der Waals surface area (Å²) in [4.78, 5) is 26.1. The number of hydrogen-bond acceptors (Lipinski definition) is 7. The first-order valence-corrected chi connectivity index (χ1v) is 15.3. The molecule has 2 saturated heterocycles. The summed E-state index contributed by atoms with van der Waals surface area (Å²) < 4.78 is 30.7. The van der Waals surface area contributed by atoms with Crippen molar-refractivity contribution in [2.45, 2.75) is 128 Å². The van der Waals surface area contributed by atoms with Crippen LogP contribution in [0.25, 0.3) is 0 Å². The summed E-state index contributed by atoms with van der Waals surface area (Å²) in [6.07, 6.45) is 9.24. The second-order valence-corrected chi connectivity index (χ2v) is 10.7. The van der Waals surface area contributed by atoms with Gasteiger partial charge < -0.3 is 29.0 Å². The molecule has 224 valence electrons. The molecule has 40 heavy (non-hydrogen) atoms. The van der Waals surface area contributed by atoms with Crippen molar-refractivity contribution in [2.75, 3.05) is 13.2 Å². The van der Waals surface area contributed by atoms with Crippen LogP contribution in [0.15, 0.2) is 43.0 Å². The normalized spacial score (nSPS) is 26.1. The number of esters is 1. The first-order valence-electron chi connectivity index (χ1n) is 15.3. The van der Waals surface area contributed by atoms with Crippen LogP contribution in [0.2, 0.25) is 0 Å². The molecule has 8 heteroatoms. The maximum absolute atomic E-state index is 13.1. The third-order valence-corrected chi connectivity index (χ3v) is 7.38. The summed E-state index contributed by atoms with van der Waals surface area (Å²) in [5, 5.41) is 3.07. The molecule has 2 aliphatic rings. The maximum Gasteiger partial charge on any atom is 0.306 e. The van der Waals surface area contributed by atoms with Crippen molar-refractivity contribution in [1.29, 1.82) is 0 Å². The highest BCUT2D eigenvalue weighted by Crippen LogP contribution is 2.36. The van der Waals surface area contributed by atoms with Crippen molar-refractivity contribution >= 4 is 11.9 Å². The minimum Gasteiger partial charge on any atom is -0.457 e. The van der Waals surface area contributed by atoms with E-state index in [0.717, 1.165) is 69.8 Å². The summed E-state index contributed by atoms with van der Waals surface area (Å²) in [5.74, 6) is -0.433. The lowest BCUT2D eigenvalue weighted by atomic mass is 9.95. The number of ether oxygens (including phenoxy) is 5. The Kier molecular flexibility index (Phi) is 14.7. The number of carbonyl (C=O) groups is 2. The SMILES string of the molecule is C=CCO[C@@H]1O[C@@H]2CO[C@@H](c3ccccc3)O[C@H]2[C@H](OC(=O)CCCCCCC)[C@H]1NC(=O)CCCCCCC. The number of rotatable bonds is 18. The average molecular weight is 560 g/mol.